The van der Waals surface area contributed by atoms with Gasteiger partial charge >= 0.3 is 0 Å². The van der Waals surface area contributed by atoms with E-state index in [4.69, 9.17) is 14.2 Å². The smallest absolute Gasteiger partial charge is 0.265 e. The molecule has 3 aliphatic rings. The fourth-order valence-electron chi connectivity index (χ4n) is 5.52. The van der Waals surface area contributed by atoms with E-state index in [1.54, 1.807) is 36.4 Å². The number of aliphatic hydroxyl groups is 2. The van der Waals surface area contributed by atoms with Crippen LogP contribution in [0.1, 0.15) is 32.6 Å². The lowest BCUT2D eigenvalue weighted by Gasteiger charge is -2.46. The highest BCUT2D eigenvalue weighted by molar-refractivity contribution is 7.99. The van der Waals surface area contributed by atoms with E-state index in [-0.39, 0.29) is 18.4 Å². The van der Waals surface area contributed by atoms with Gasteiger partial charge in [0.1, 0.15) is 29.9 Å². The van der Waals surface area contributed by atoms with Gasteiger partial charge in [0, 0.05) is 27.0 Å². The number of nitrogens with zero attached hydrogens (tertiary/aromatic N) is 1. The molecule has 202 valence electrons. The summed E-state index contributed by atoms with van der Waals surface area (Å²) in [6, 6.07) is 27.2. The highest BCUT2D eigenvalue weighted by Gasteiger charge is 2.49. The molecule has 0 aromatic heterocycles. The fourth-order valence-corrected chi connectivity index (χ4v) is 6.60. The molecule has 9 heteroatoms. The predicted octanol–water partition coefficient (Wildman–Crippen LogP) is 4.29. The van der Waals surface area contributed by atoms with E-state index in [2.05, 4.69) is 0 Å². The molecule has 8 nitrogen and oxygen atoms in total. The summed E-state index contributed by atoms with van der Waals surface area (Å²) >= 11 is 1.34. The van der Waals surface area contributed by atoms with Gasteiger partial charge in [-0.2, -0.15) is 0 Å². The Morgan fingerprint density at radius 3 is 2.10 bits per heavy atom. The minimum atomic E-state index is -1.17. The Labute approximate surface area is 234 Å². The number of anilines is 1. The van der Waals surface area contributed by atoms with E-state index in [0.717, 1.165) is 10.3 Å². The third-order valence-electron chi connectivity index (χ3n) is 7.52. The third-order valence-corrected chi connectivity index (χ3v) is 8.69. The minimum absolute atomic E-state index is 0.163. The fraction of sp³-hybridized carbons (Fsp3) is 0.226. The summed E-state index contributed by atoms with van der Waals surface area (Å²) in [4.78, 5) is 28.8. The van der Waals surface area contributed by atoms with Gasteiger partial charge in [-0.1, -0.05) is 66.4 Å². The van der Waals surface area contributed by atoms with Crippen LogP contribution in [0, 0.1) is 0 Å². The Bertz CT molecular complexity index is 1540. The lowest BCUT2D eigenvalue weighted by atomic mass is 9.93. The number of hydrogen-bond donors (Lipinski definition) is 2. The first-order valence-electron chi connectivity index (χ1n) is 13.0. The highest BCUT2D eigenvalue weighted by Crippen LogP contribution is 2.39. The first-order chi connectivity index (χ1) is 19.5. The molecule has 7 rings (SSSR count). The second-order valence-corrected chi connectivity index (χ2v) is 11.1. The van der Waals surface area contributed by atoms with Crippen molar-refractivity contribution in [1.82, 2.24) is 0 Å². The van der Waals surface area contributed by atoms with E-state index in [0.29, 0.717) is 27.8 Å². The zero-order valence-electron chi connectivity index (χ0n) is 21.1. The van der Waals surface area contributed by atoms with Gasteiger partial charge in [-0.15, -0.1) is 0 Å². The SMILES string of the molecule is O=C1c2cccc3cccc(c23)C(=O)N1c1ccc([C@@H]2OC[C@H]3O[C@@H](Sc4ccccc4)[C@H](O)[C@@H](O)[C@@H]3O2)cc1. The van der Waals surface area contributed by atoms with Crippen LogP contribution in [0.2, 0.25) is 0 Å². The summed E-state index contributed by atoms with van der Waals surface area (Å²) in [5.41, 5.74) is 1.36. The number of carbonyl (C=O) groups is 2. The summed E-state index contributed by atoms with van der Waals surface area (Å²) in [5, 5.41) is 23.2. The van der Waals surface area contributed by atoms with Crippen LogP contribution in [0.25, 0.3) is 10.8 Å². The number of carbonyl (C=O) groups excluding carboxylic acids is 2. The van der Waals surface area contributed by atoms with E-state index in [1.165, 1.54) is 16.7 Å². The predicted molar refractivity (Wildman–Crippen MR) is 148 cm³/mol. The molecule has 0 saturated carbocycles. The molecular weight excluding hydrogens is 530 g/mol. The first kappa shape index (κ1) is 25.4. The molecule has 40 heavy (non-hydrogen) atoms. The largest absolute Gasteiger partial charge is 0.387 e. The van der Waals surface area contributed by atoms with Crippen LogP contribution in [0.4, 0.5) is 5.69 Å². The molecule has 3 heterocycles. The number of rotatable bonds is 4. The number of amides is 2. The van der Waals surface area contributed by atoms with Crippen LogP contribution in [-0.2, 0) is 14.2 Å². The quantitative estimate of drug-likeness (QED) is 0.360. The van der Waals surface area contributed by atoms with Crippen molar-refractivity contribution >= 4 is 40.0 Å². The van der Waals surface area contributed by atoms with Gasteiger partial charge in [-0.05, 0) is 41.8 Å². The van der Waals surface area contributed by atoms with E-state index in [1.807, 2.05) is 54.6 Å². The standard InChI is InChI=1S/C31H25NO7S/c33-25-26(34)31(40-20-8-2-1-3-9-20)38-23-16-37-30(39-27(23)25)18-12-14-19(15-13-18)32-28(35)21-10-4-6-17-7-5-11-22(24(17)21)29(32)36/h1-15,23,25-27,30-31,33-34H,16H2/t23-,25-,26-,27-,30-,31+/m1/s1. The Morgan fingerprint density at radius 2 is 1.43 bits per heavy atom. The normalized spacial score (nSPS) is 28.0. The number of imide groups is 1. The summed E-state index contributed by atoms with van der Waals surface area (Å²) in [6.45, 7) is 0.163. The molecule has 2 saturated heterocycles. The van der Waals surface area contributed by atoms with Gasteiger partial charge < -0.3 is 24.4 Å². The summed E-state index contributed by atoms with van der Waals surface area (Å²) in [6.07, 6.45) is -4.49. The van der Waals surface area contributed by atoms with Gasteiger partial charge in [0.15, 0.2) is 6.29 Å². The molecule has 0 aliphatic carbocycles. The highest BCUT2D eigenvalue weighted by atomic mass is 32.2. The van der Waals surface area contributed by atoms with Gasteiger partial charge in [0.2, 0.25) is 0 Å². The first-order valence-corrected chi connectivity index (χ1v) is 13.9. The summed E-state index contributed by atoms with van der Waals surface area (Å²) < 4.78 is 18.0. The van der Waals surface area contributed by atoms with Crippen LogP contribution in [0.5, 0.6) is 0 Å². The van der Waals surface area contributed by atoms with Gasteiger partial charge in [0.25, 0.3) is 11.8 Å². The minimum Gasteiger partial charge on any atom is -0.387 e. The number of aliphatic hydroxyl groups excluding tert-OH is 2. The van der Waals surface area contributed by atoms with Crippen molar-refractivity contribution < 1.29 is 34.0 Å². The molecular formula is C31H25NO7S. The second-order valence-electron chi connectivity index (χ2n) is 9.97. The van der Waals surface area contributed by atoms with Crippen LogP contribution in [0.15, 0.2) is 95.9 Å². The van der Waals surface area contributed by atoms with Gasteiger partial charge in [-0.3, -0.25) is 9.59 Å². The van der Waals surface area contributed by atoms with Crippen molar-refractivity contribution in [1.29, 1.82) is 0 Å². The monoisotopic (exact) mass is 555 g/mol. The lowest BCUT2D eigenvalue weighted by Crippen LogP contribution is -2.60. The van der Waals surface area contributed by atoms with E-state index < -0.39 is 36.1 Å². The van der Waals surface area contributed by atoms with Crippen LogP contribution < -0.4 is 4.90 Å². The van der Waals surface area contributed by atoms with Crippen molar-refractivity contribution in [2.24, 2.45) is 0 Å². The van der Waals surface area contributed by atoms with Crippen LogP contribution in [0.3, 0.4) is 0 Å². The Kier molecular flexibility index (Phi) is 6.42. The molecule has 0 bridgehead atoms. The molecule has 6 atom stereocenters. The maximum absolute atomic E-state index is 13.4. The van der Waals surface area contributed by atoms with Crippen molar-refractivity contribution in [3.8, 4) is 0 Å². The number of fused-ring (bicyclic) bond motifs is 1. The number of ether oxygens (including phenoxy) is 3. The molecule has 4 aromatic carbocycles. The molecule has 0 unspecified atom stereocenters. The molecule has 0 radical (unpaired) electrons. The molecule has 2 N–H and O–H groups in total. The number of hydrogen-bond acceptors (Lipinski definition) is 8. The van der Waals surface area contributed by atoms with Crippen molar-refractivity contribution in [2.75, 3.05) is 11.5 Å². The molecule has 2 amide bonds. The Morgan fingerprint density at radius 1 is 0.750 bits per heavy atom. The van der Waals surface area contributed by atoms with E-state index in [9.17, 15) is 19.8 Å². The van der Waals surface area contributed by atoms with Crippen LogP contribution >= 0.6 is 11.8 Å². The number of thioether (sulfide) groups is 1. The average molecular weight is 556 g/mol. The molecule has 4 aromatic rings. The lowest BCUT2D eigenvalue weighted by molar-refractivity contribution is -0.318. The second kappa shape index (κ2) is 10.1. The summed E-state index contributed by atoms with van der Waals surface area (Å²) in [7, 11) is 0. The van der Waals surface area contributed by atoms with Crippen molar-refractivity contribution in [3.63, 3.8) is 0 Å². The molecule has 0 spiro atoms. The zero-order valence-corrected chi connectivity index (χ0v) is 21.9. The Balaban J connectivity index is 1.08. The van der Waals surface area contributed by atoms with Crippen molar-refractivity contribution in [2.45, 2.75) is 41.0 Å². The number of benzene rings is 4. The average Bonchev–Trinajstić information content (AvgIpc) is 2.99. The van der Waals surface area contributed by atoms with Crippen molar-refractivity contribution in [3.05, 3.63) is 108 Å². The summed E-state index contributed by atoms with van der Waals surface area (Å²) in [5.74, 6) is -0.760. The maximum Gasteiger partial charge on any atom is 0.265 e. The third kappa shape index (κ3) is 4.23. The topological polar surface area (TPSA) is 106 Å². The van der Waals surface area contributed by atoms with E-state index >= 15 is 0 Å². The molecule has 3 aliphatic heterocycles. The van der Waals surface area contributed by atoms with Gasteiger partial charge in [0.05, 0.1) is 12.3 Å². The Hall–Kier alpha value is -3.57. The maximum atomic E-state index is 13.4. The van der Waals surface area contributed by atoms with Gasteiger partial charge in [-0.25, -0.2) is 4.90 Å². The zero-order chi connectivity index (χ0) is 27.4. The molecule has 2 fully saturated rings. The van der Waals surface area contributed by atoms with Crippen LogP contribution in [-0.4, -0.2) is 58.5 Å².